The monoisotopic (exact) mass is 404 g/mol. The van der Waals surface area contributed by atoms with Crippen LogP contribution in [0.4, 0.5) is 4.79 Å². The van der Waals surface area contributed by atoms with Crippen LogP contribution in [-0.4, -0.2) is 41.6 Å². The molecule has 6 heteroatoms. The Labute approximate surface area is 169 Å². The molecule has 2 aromatic rings. The molecule has 4 nitrogen and oxygen atoms in total. The van der Waals surface area contributed by atoms with E-state index in [1.165, 1.54) is 20.2 Å². The molecule has 0 N–H and O–H groups in total. The third-order valence-electron chi connectivity index (χ3n) is 5.82. The summed E-state index contributed by atoms with van der Waals surface area (Å²) < 4.78 is 6.04. The molecule has 0 saturated carbocycles. The molecule has 2 bridgehead atoms. The van der Waals surface area contributed by atoms with Gasteiger partial charge in [-0.25, -0.2) is 4.79 Å². The molecule has 5 heterocycles. The molecule has 3 aliphatic rings. The van der Waals surface area contributed by atoms with Crippen LogP contribution in [0.1, 0.15) is 40.0 Å². The number of amides is 1. The standard InChI is InChI=1S/C21H28N2O2S2/c1-3-17-4-5-18(27-17)12-23(14-20-15(2)8-11-26-20)21(24)25-19-13-22-9-6-16(19)7-10-22/h4-5,8,11,16,19H,3,6-7,9-10,12-14H2,1-2H3/t19-/m0/s1. The van der Waals surface area contributed by atoms with Crippen LogP contribution in [0, 0.1) is 12.8 Å². The van der Waals surface area contributed by atoms with Crippen molar-refractivity contribution in [1.29, 1.82) is 0 Å². The SMILES string of the molecule is CCc1ccc(CN(Cc2sccc2C)C(=O)O[C@H]2CN3CCC2CC3)s1. The van der Waals surface area contributed by atoms with Gasteiger partial charge in [0.1, 0.15) is 6.10 Å². The van der Waals surface area contributed by atoms with Gasteiger partial charge in [0.15, 0.2) is 0 Å². The van der Waals surface area contributed by atoms with Crippen LogP contribution in [0.2, 0.25) is 0 Å². The van der Waals surface area contributed by atoms with Crippen molar-refractivity contribution in [3.05, 3.63) is 43.8 Å². The maximum atomic E-state index is 13.1. The number of fused-ring (bicyclic) bond motifs is 3. The van der Waals surface area contributed by atoms with Crippen molar-refractivity contribution in [2.24, 2.45) is 5.92 Å². The lowest BCUT2D eigenvalue weighted by Gasteiger charge is -2.44. The van der Waals surface area contributed by atoms with E-state index in [0.717, 1.165) is 38.9 Å². The van der Waals surface area contributed by atoms with Crippen molar-refractivity contribution in [1.82, 2.24) is 9.80 Å². The van der Waals surface area contributed by atoms with Gasteiger partial charge in [-0.15, -0.1) is 22.7 Å². The smallest absolute Gasteiger partial charge is 0.410 e. The topological polar surface area (TPSA) is 32.8 Å². The maximum Gasteiger partial charge on any atom is 0.410 e. The zero-order valence-corrected chi connectivity index (χ0v) is 17.8. The molecular weight excluding hydrogens is 376 g/mol. The number of rotatable bonds is 6. The molecule has 0 unspecified atom stereocenters. The molecule has 146 valence electrons. The number of hydrogen-bond donors (Lipinski definition) is 0. The van der Waals surface area contributed by atoms with Crippen LogP contribution in [0.25, 0.3) is 0 Å². The third-order valence-corrected chi connectivity index (χ3v) is 8.04. The largest absolute Gasteiger partial charge is 0.444 e. The highest BCUT2D eigenvalue weighted by Crippen LogP contribution is 2.31. The van der Waals surface area contributed by atoms with Crippen molar-refractivity contribution in [3.63, 3.8) is 0 Å². The molecule has 27 heavy (non-hydrogen) atoms. The average Bonchev–Trinajstić information content (AvgIpc) is 3.31. The number of carbonyl (C=O) groups excluding carboxylic acids is 1. The summed E-state index contributed by atoms with van der Waals surface area (Å²) in [6, 6.07) is 6.45. The van der Waals surface area contributed by atoms with E-state index in [2.05, 4.69) is 42.3 Å². The summed E-state index contributed by atoms with van der Waals surface area (Å²) in [5.74, 6) is 0.540. The third kappa shape index (κ3) is 4.39. The average molecular weight is 405 g/mol. The van der Waals surface area contributed by atoms with E-state index in [0.29, 0.717) is 19.0 Å². The highest BCUT2D eigenvalue weighted by molar-refractivity contribution is 7.12. The van der Waals surface area contributed by atoms with E-state index in [4.69, 9.17) is 4.74 Å². The Kier molecular flexibility index (Phi) is 5.85. The Morgan fingerprint density at radius 2 is 2.00 bits per heavy atom. The van der Waals surface area contributed by atoms with Gasteiger partial charge in [0.25, 0.3) is 0 Å². The molecule has 0 aliphatic carbocycles. The summed E-state index contributed by atoms with van der Waals surface area (Å²) in [5, 5.41) is 2.10. The fraction of sp³-hybridized carbons (Fsp3) is 0.571. The molecule has 1 amide bonds. The van der Waals surface area contributed by atoms with Crippen LogP contribution in [0.15, 0.2) is 23.6 Å². The first kappa shape index (κ1) is 19.0. The number of aryl methyl sites for hydroxylation is 2. The predicted octanol–water partition coefficient (Wildman–Crippen LogP) is 4.91. The van der Waals surface area contributed by atoms with Gasteiger partial charge in [-0.05, 0) is 74.3 Å². The molecule has 5 rings (SSSR count). The number of carbonyl (C=O) groups is 1. The Balaban J connectivity index is 1.47. The molecule has 3 fully saturated rings. The lowest BCUT2D eigenvalue weighted by molar-refractivity contribution is -0.0448. The summed E-state index contributed by atoms with van der Waals surface area (Å²) in [5.41, 5.74) is 1.25. The first-order valence-electron chi connectivity index (χ1n) is 9.91. The van der Waals surface area contributed by atoms with Crippen molar-refractivity contribution in [2.75, 3.05) is 19.6 Å². The van der Waals surface area contributed by atoms with Crippen LogP contribution in [-0.2, 0) is 24.2 Å². The second-order valence-electron chi connectivity index (χ2n) is 7.66. The van der Waals surface area contributed by atoms with E-state index in [1.807, 2.05) is 4.90 Å². The maximum absolute atomic E-state index is 13.1. The Morgan fingerprint density at radius 3 is 2.59 bits per heavy atom. The summed E-state index contributed by atoms with van der Waals surface area (Å²) in [7, 11) is 0. The van der Waals surface area contributed by atoms with Crippen molar-refractivity contribution in [2.45, 2.75) is 52.3 Å². The normalized spacial score (nSPS) is 24.1. The highest BCUT2D eigenvalue weighted by atomic mass is 32.1. The lowest BCUT2D eigenvalue weighted by Crippen LogP contribution is -2.52. The minimum Gasteiger partial charge on any atom is -0.444 e. The van der Waals surface area contributed by atoms with Gasteiger partial charge >= 0.3 is 6.09 Å². The van der Waals surface area contributed by atoms with Gasteiger partial charge in [0, 0.05) is 21.2 Å². The molecule has 0 spiro atoms. The lowest BCUT2D eigenvalue weighted by atomic mass is 9.86. The van der Waals surface area contributed by atoms with Crippen molar-refractivity contribution < 1.29 is 9.53 Å². The highest BCUT2D eigenvalue weighted by Gasteiger charge is 2.37. The molecule has 3 aliphatic heterocycles. The fourth-order valence-corrected chi connectivity index (χ4v) is 5.95. The quantitative estimate of drug-likeness (QED) is 0.685. The molecule has 3 saturated heterocycles. The van der Waals surface area contributed by atoms with Crippen LogP contribution < -0.4 is 0 Å². The minimum atomic E-state index is -0.159. The van der Waals surface area contributed by atoms with E-state index in [9.17, 15) is 4.79 Å². The van der Waals surface area contributed by atoms with Crippen LogP contribution in [0.3, 0.4) is 0 Å². The second kappa shape index (κ2) is 8.33. The minimum absolute atomic E-state index is 0.0569. The molecular formula is C21H28N2O2S2. The van der Waals surface area contributed by atoms with Crippen molar-refractivity contribution in [3.8, 4) is 0 Å². The zero-order valence-electron chi connectivity index (χ0n) is 16.1. The number of ether oxygens (including phenoxy) is 1. The summed E-state index contributed by atoms with van der Waals surface area (Å²) in [6.07, 6.45) is 3.26. The van der Waals surface area contributed by atoms with E-state index < -0.39 is 0 Å². The summed E-state index contributed by atoms with van der Waals surface area (Å²) >= 11 is 3.52. The Hall–Kier alpha value is -1.37. The number of nitrogens with zero attached hydrogens (tertiary/aromatic N) is 2. The number of hydrogen-bond acceptors (Lipinski definition) is 5. The molecule has 2 aromatic heterocycles. The summed E-state index contributed by atoms with van der Waals surface area (Å²) in [6.45, 7) is 8.76. The van der Waals surface area contributed by atoms with E-state index >= 15 is 0 Å². The summed E-state index contributed by atoms with van der Waals surface area (Å²) in [4.78, 5) is 21.3. The first-order valence-corrected chi connectivity index (χ1v) is 11.6. The van der Waals surface area contributed by atoms with Crippen molar-refractivity contribution >= 4 is 28.8 Å². The fourth-order valence-electron chi connectivity index (χ4n) is 4.06. The second-order valence-corrected chi connectivity index (χ2v) is 9.92. The number of piperidine rings is 3. The molecule has 0 radical (unpaired) electrons. The van der Waals surface area contributed by atoms with Gasteiger partial charge in [-0.2, -0.15) is 0 Å². The van der Waals surface area contributed by atoms with Gasteiger partial charge in [0.05, 0.1) is 13.1 Å². The zero-order chi connectivity index (χ0) is 18.8. The van der Waals surface area contributed by atoms with Gasteiger partial charge in [-0.3, -0.25) is 9.80 Å². The Morgan fingerprint density at radius 1 is 1.22 bits per heavy atom. The van der Waals surface area contributed by atoms with Crippen LogP contribution in [0.5, 0.6) is 0 Å². The number of thiophene rings is 2. The van der Waals surface area contributed by atoms with Gasteiger partial charge in [0.2, 0.25) is 0 Å². The first-order chi connectivity index (χ1) is 13.1. The van der Waals surface area contributed by atoms with E-state index in [1.54, 1.807) is 22.7 Å². The Bertz CT molecular complexity index is 777. The predicted molar refractivity (Wildman–Crippen MR) is 111 cm³/mol. The molecule has 1 atom stereocenters. The van der Waals surface area contributed by atoms with Gasteiger partial charge < -0.3 is 4.74 Å². The molecule has 0 aromatic carbocycles. The van der Waals surface area contributed by atoms with Gasteiger partial charge in [-0.1, -0.05) is 6.92 Å². The van der Waals surface area contributed by atoms with Crippen LogP contribution >= 0.6 is 22.7 Å². The van der Waals surface area contributed by atoms with E-state index in [-0.39, 0.29) is 12.2 Å².